The van der Waals surface area contributed by atoms with Crippen molar-refractivity contribution in [1.29, 1.82) is 0 Å². The monoisotopic (exact) mass is 261 g/mol. The van der Waals surface area contributed by atoms with Crippen molar-refractivity contribution in [2.75, 3.05) is 0 Å². The maximum Gasteiger partial charge on any atom is 0.142 e. The van der Waals surface area contributed by atoms with E-state index in [1.54, 1.807) is 6.20 Å². The Morgan fingerprint density at radius 1 is 1.39 bits per heavy atom. The van der Waals surface area contributed by atoms with E-state index in [1.807, 2.05) is 6.92 Å². The lowest BCUT2D eigenvalue weighted by Gasteiger charge is -2.09. The smallest absolute Gasteiger partial charge is 0.142 e. The Labute approximate surface area is 109 Å². The van der Waals surface area contributed by atoms with E-state index in [4.69, 9.17) is 12.2 Å². The van der Waals surface area contributed by atoms with Crippen molar-refractivity contribution in [3.8, 4) is 11.3 Å². The molecular weight excluding hydrogens is 249 g/mol. The molecule has 1 fully saturated rings. The first-order chi connectivity index (χ1) is 8.65. The Balaban J connectivity index is 2.18. The molecule has 0 aromatic carbocycles. The number of rotatable bonds is 2. The first kappa shape index (κ1) is 11.5. The van der Waals surface area contributed by atoms with Crippen LogP contribution in [0.1, 0.15) is 30.1 Å². The third-order valence-corrected chi connectivity index (χ3v) is 3.53. The normalized spacial score (nSPS) is 14.8. The lowest BCUT2D eigenvalue weighted by atomic mass is 10.1. The SMILES string of the molecule is Cc1c(-c2cncc(F)c2)[nH]c(C2CC2)nc1=S. The minimum Gasteiger partial charge on any atom is -0.343 e. The zero-order valence-electron chi connectivity index (χ0n) is 9.90. The number of aromatic nitrogens is 3. The van der Waals surface area contributed by atoms with Crippen LogP contribution in [0.15, 0.2) is 18.5 Å². The molecule has 1 saturated carbocycles. The zero-order chi connectivity index (χ0) is 12.7. The lowest BCUT2D eigenvalue weighted by molar-refractivity contribution is 0.622. The summed E-state index contributed by atoms with van der Waals surface area (Å²) < 4.78 is 13.8. The van der Waals surface area contributed by atoms with E-state index >= 15 is 0 Å². The number of nitrogens with zero attached hydrogens (tertiary/aromatic N) is 2. The molecule has 0 aliphatic heterocycles. The summed E-state index contributed by atoms with van der Waals surface area (Å²) in [5.74, 6) is 1.04. The third-order valence-electron chi connectivity index (χ3n) is 3.13. The van der Waals surface area contributed by atoms with E-state index < -0.39 is 0 Å². The molecular formula is C13H12FN3S. The Kier molecular flexibility index (Phi) is 2.70. The van der Waals surface area contributed by atoms with Crippen LogP contribution in [0.3, 0.4) is 0 Å². The fraction of sp³-hybridized carbons (Fsp3) is 0.308. The summed E-state index contributed by atoms with van der Waals surface area (Å²) in [6.45, 7) is 1.89. The fourth-order valence-electron chi connectivity index (χ4n) is 1.94. The van der Waals surface area contributed by atoms with Crippen molar-refractivity contribution in [1.82, 2.24) is 15.0 Å². The van der Waals surface area contributed by atoms with E-state index in [-0.39, 0.29) is 5.82 Å². The molecule has 3 rings (SSSR count). The molecule has 2 heterocycles. The zero-order valence-corrected chi connectivity index (χ0v) is 10.7. The highest BCUT2D eigenvalue weighted by atomic mass is 32.1. The van der Waals surface area contributed by atoms with Gasteiger partial charge in [-0.3, -0.25) is 4.98 Å². The van der Waals surface area contributed by atoms with Crippen LogP contribution >= 0.6 is 12.2 Å². The topological polar surface area (TPSA) is 41.6 Å². The average Bonchev–Trinajstić information content (AvgIpc) is 3.16. The second-order valence-corrected chi connectivity index (χ2v) is 4.98. The highest BCUT2D eigenvalue weighted by molar-refractivity contribution is 7.71. The first-order valence-electron chi connectivity index (χ1n) is 5.87. The second kappa shape index (κ2) is 4.24. The number of halogens is 1. The van der Waals surface area contributed by atoms with Crippen LogP contribution in [-0.4, -0.2) is 15.0 Å². The molecule has 2 aromatic heterocycles. The molecule has 0 saturated heterocycles. The molecule has 1 aliphatic carbocycles. The van der Waals surface area contributed by atoms with E-state index in [2.05, 4.69) is 15.0 Å². The van der Waals surface area contributed by atoms with Crippen LogP contribution in [0.2, 0.25) is 0 Å². The van der Waals surface area contributed by atoms with Gasteiger partial charge in [0.15, 0.2) is 0 Å². The van der Waals surface area contributed by atoms with Gasteiger partial charge < -0.3 is 4.98 Å². The molecule has 0 unspecified atom stereocenters. The average molecular weight is 261 g/mol. The standard InChI is InChI=1S/C13H12FN3S/c1-7-11(9-4-10(14)6-15-5-9)16-12(8-2-3-8)17-13(7)18/h4-6,8H,2-3H2,1H3,(H,16,17,18). The summed E-state index contributed by atoms with van der Waals surface area (Å²) in [6.07, 6.45) is 5.11. The van der Waals surface area contributed by atoms with Crippen molar-refractivity contribution >= 4 is 12.2 Å². The van der Waals surface area contributed by atoms with Crippen molar-refractivity contribution in [2.24, 2.45) is 0 Å². The third kappa shape index (κ3) is 2.06. The van der Waals surface area contributed by atoms with Gasteiger partial charge in [0.25, 0.3) is 0 Å². The van der Waals surface area contributed by atoms with Gasteiger partial charge in [-0.25, -0.2) is 9.37 Å². The van der Waals surface area contributed by atoms with E-state index in [0.29, 0.717) is 16.1 Å². The van der Waals surface area contributed by atoms with Gasteiger partial charge >= 0.3 is 0 Å². The highest BCUT2D eigenvalue weighted by Crippen LogP contribution is 2.39. The molecule has 0 spiro atoms. The molecule has 0 amide bonds. The van der Waals surface area contributed by atoms with Crippen LogP contribution in [0.4, 0.5) is 4.39 Å². The number of pyridine rings is 1. The van der Waals surface area contributed by atoms with Crippen molar-refractivity contribution in [2.45, 2.75) is 25.7 Å². The van der Waals surface area contributed by atoms with Gasteiger partial charge in [-0.15, -0.1) is 0 Å². The molecule has 0 bridgehead atoms. The molecule has 1 aliphatic rings. The van der Waals surface area contributed by atoms with E-state index in [9.17, 15) is 4.39 Å². The number of nitrogens with one attached hydrogen (secondary N) is 1. The first-order valence-corrected chi connectivity index (χ1v) is 6.27. The molecule has 92 valence electrons. The number of hydrogen-bond donors (Lipinski definition) is 1. The van der Waals surface area contributed by atoms with Gasteiger partial charge in [0.05, 0.1) is 11.9 Å². The predicted molar refractivity (Wildman–Crippen MR) is 69.3 cm³/mol. The number of aromatic amines is 1. The van der Waals surface area contributed by atoms with Crippen LogP contribution in [-0.2, 0) is 0 Å². The molecule has 2 aromatic rings. The van der Waals surface area contributed by atoms with Gasteiger partial charge in [0, 0.05) is 23.2 Å². The molecule has 5 heteroatoms. The Morgan fingerprint density at radius 2 is 2.17 bits per heavy atom. The Hall–Kier alpha value is -1.62. The Morgan fingerprint density at radius 3 is 2.83 bits per heavy atom. The summed E-state index contributed by atoms with van der Waals surface area (Å²) in [4.78, 5) is 11.5. The van der Waals surface area contributed by atoms with Crippen LogP contribution in [0, 0.1) is 17.4 Å². The quantitative estimate of drug-likeness (QED) is 0.841. The highest BCUT2D eigenvalue weighted by Gasteiger charge is 2.26. The maximum atomic E-state index is 13.2. The number of H-pyrrole nitrogens is 1. The summed E-state index contributed by atoms with van der Waals surface area (Å²) in [5, 5.41) is 0. The van der Waals surface area contributed by atoms with Gasteiger partial charge in [-0.1, -0.05) is 12.2 Å². The largest absolute Gasteiger partial charge is 0.343 e. The van der Waals surface area contributed by atoms with Crippen LogP contribution in [0.5, 0.6) is 0 Å². The van der Waals surface area contributed by atoms with Gasteiger partial charge in [-0.05, 0) is 25.8 Å². The molecule has 0 atom stereocenters. The maximum absolute atomic E-state index is 13.2. The predicted octanol–water partition coefficient (Wildman–Crippen LogP) is 3.53. The van der Waals surface area contributed by atoms with Crippen molar-refractivity contribution < 1.29 is 4.39 Å². The van der Waals surface area contributed by atoms with Crippen molar-refractivity contribution in [3.63, 3.8) is 0 Å². The molecule has 3 nitrogen and oxygen atoms in total. The fourth-order valence-corrected chi connectivity index (χ4v) is 2.14. The summed E-state index contributed by atoms with van der Waals surface area (Å²) >= 11 is 5.26. The van der Waals surface area contributed by atoms with Gasteiger partial charge in [0.2, 0.25) is 0 Å². The van der Waals surface area contributed by atoms with Gasteiger partial charge in [0.1, 0.15) is 16.3 Å². The lowest BCUT2D eigenvalue weighted by Crippen LogP contribution is -1.99. The number of hydrogen-bond acceptors (Lipinski definition) is 3. The van der Waals surface area contributed by atoms with E-state index in [0.717, 1.165) is 29.9 Å². The second-order valence-electron chi connectivity index (χ2n) is 4.59. The van der Waals surface area contributed by atoms with Crippen LogP contribution < -0.4 is 0 Å². The molecule has 1 N–H and O–H groups in total. The van der Waals surface area contributed by atoms with Crippen molar-refractivity contribution in [3.05, 3.63) is 40.3 Å². The van der Waals surface area contributed by atoms with Gasteiger partial charge in [-0.2, -0.15) is 0 Å². The summed E-state index contributed by atoms with van der Waals surface area (Å²) in [7, 11) is 0. The minimum absolute atomic E-state index is 0.351. The molecule has 18 heavy (non-hydrogen) atoms. The van der Waals surface area contributed by atoms with E-state index in [1.165, 1.54) is 12.3 Å². The summed E-state index contributed by atoms with van der Waals surface area (Å²) in [6, 6.07) is 1.46. The van der Waals surface area contributed by atoms with Crippen LogP contribution in [0.25, 0.3) is 11.3 Å². The Bertz CT molecular complexity index is 662. The minimum atomic E-state index is -0.351. The molecule has 0 radical (unpaired) electrons. The summed E-state index contributed by atoms with van der Waals surface area (Å²) in [5.41, 5.74) is 2.40.